The fourth-order valence-electron chi connectivity index (χ4n) is 2.76. The first-order valence-corrected chi connectivity index (χ1v) is 10.6. The summed E-state index contributed by atoms with van der Waals surface area (Å²) in [5.41, 5.74) is 5.35. The Bertz CT molecular complexity index is 926. The van der Waals surface area contributed by atoms with E-state index in [0.717, 1.165) is 16.8 Å². The molecule has 7 nitrogen and oxygen atoms in total. The van der Waals surface area contributed by atoms with Crippen molar-refractivity contribution < 1.29 is 19.1 Å². The SMILES string of the molecule is Cc1cc(C)c(-c2csc(NC(=O)COC(=O)CN3CCSC3=O)n2)cc1C. The number of thiazole rings is 1. The molecule has 0 bridgehead atoms. The van der Waals surface area contributed by atoms with Crippen molar-refractivity contribution in [2.75, 3.05) is 30.8 Å². The molecule has 1 aromatic heterocycles. The zero-order valence-electron chi connectivity index (χ0n) is 15.9. The molecule has 3 rings (SSSR count). The summed E-state index contributed by atoms with van der Waals surface area (Å²) in [6.07, 6.45) is 0. The summed E-state index contributed by atoms with van der Waals surface area (Å²) < 4.78 is 4.95. The molecule has 28 heavy (non-hydrogen) atoms. The van der Waals surface area contributed by atoms with Crippen LogP contribution in [0.2, 0.25) is 0 Å². The first-order chi connectivity index (χ1) is 13.3. The number of hydrogen-bond donors (Lipinski definition) is 1. The Hall–Kier alpha value is -2.39. The molecule has 2 aromatic rings. The Kier molecular flexibility index (Phi) is 6.35. The molecule has 148 valence electrons. The van der Waals surface area contributed by atoms with Crippen LogP contribution in [-0.4, -0.2) is 52.4 Å². The van der Waals surface area contributed by atoms with E-state index >= 15 is 0 Å². The minimum atomic E-state index is -0.600. The Balaban J connectivity index is 1.53. The fraction of sp³-hybridized carbons (Fsp3) is 0.368. The van der Waals surface area contributed by atoms with Crippen LogP contribution < -0.4 is 5.32 Å². The molecule has 0 spiro atoms. The second-order valence-electron chi connectivity index (χ2n) is 6.53. The van der Waals surface area contributed by atoms with Crippen LogP contribution in [0.25, 0.3) is 11.3 Å². The lowest BCUT2D eigenvalue weighted by Crippen LogP contribution is -2.32. The lowest BCUT2D eigenvalue weighted by atomic mass is 9.99. The second-order valence-corrected chi connectivity index (χ2v) is 8.44. The number of carbonyl (C=O) groups excluding carboxylic acids is 3. The third kappa shape index (κ3) is 4.90. The zero-order valence-corrected chi connectivity index (χ0v) is 17.5. The van der Waals surface area contributed by atoms with Crippen LogP contribution in [0.4, 0.5) is 9.93 Å². The molecular weight excluding hydrogens is 398 g/mol. The number of nitrogens with zero attached hydrogens (tertiary/aromatic N) is 2. The maximum Gasteiger partial charge on any atom is 0.326 e. The standard InChI is InChI=1S/C19H21N3O4S2/c1-11-6-13(3)14(7-12(11)2)15-10-28-18(20-15)21-16(23)9-26-17(24)8-22-4-5-27-19(22)25/h6-7,10H,4-5,8-9H2,1-3H3,(H,20,21,23). The van der Waals surface area contributed by atoms with Crippen molar-refractivity contribution in [3.05, 3.63) is 34.2 Å². The molecule has 0 unspecified atom stereocenters. The highest BCUT2D eigenvalue weighted by atomic mass is 32.2. The average Bonchev–Trinajstić information content (AvgIpc) is 3.26. The summed E-state index contributed by atoms with van der Waals surface area (Å²) in [6, 6.07) is 4.20. The molecule has 0 radical (unpaired) electrons. The highest BCUT2D eigenvalue weighted by Gasteiger charge is 2.24. The number of thioether (sulfide) groups is 1. The van der Waals surface area contributed by atoms with Gasteiger partial charge in [0.1, 0.15) is 6.54 Å². The topological polar surface area (TPSA) is 88.6 Å². The Morgan fingerprint density at radius 3 is 2.68 bits per heavy atom. The van der Waals surface area contributed by atoms with Gasteiger partial charge in [-0.1, -0.05) is 17.8 Å². The molecule has 0 aliphatic carbocycles. The summed E-state index contributed by atoms with van der Waals surface area (Å²) >= 11 is 2.48. The third-order valence-electron chi connectivity index (χ3n) is 4.40. The maximum atomic E-state index is 12.0. The van der Waals surface area contributed by atoms with Gasteiger partial charge in [-0.25, -0.2) is 4.98 Å². The first-order valence-electron chi connectivity index (χ1n) is 8.74. The number of aryl methyl sites for hydroxylation is 3. The fourth-order valence-corrected chi connectivity index (χ4v) is 4.31. The smallest absolute Gasteiger partial charge is 0.326 e. The predicted octanol–water partition coefficient (Wildman–Crippen LogP) is 3.39. The monoisotopic (exact) mass is 419 g/mol. The second kappa shape index (κ2) is 8.74. The number of nitrogens with one attached hydrogen (secondary N) is 1. The molecule has 2 amide bonds. The Morgan fingerprint density at radius 2 is 1.96 bits per heavy atom. The first kappa shape index (κ1) is 20.3. The average molecular weight is 420 g/mol. The van der Waals surface area contributed by atoms with E-state index in [2.05, 4.69) is 36.3 Å². The van der Waals surface area contributed by atoms with Gasteiger partial charge in [0, 0.05) is 23.2 Å². The van der Waals surface area contributed by atoms with Gasteiger partial charge in [0.25, 0.3) is 11.1 Å². The molecule has 1 fully saturated rings. The lowest BCUT2D eigenvalue weighted by molar-refractivity contribution is -0.147. The van der Waals surface area contributed by atoms with Crippen molar-refractivity contribution >= 4 is 45.3 Å². The summed E-state index contributed by atoms with van der Waals surface area (Å²) in [5, 5.41) is 4.83. The van der Waals surface area contributed by atoms with E-state index in [9.17, 15) is 14.4 Å². The van der Waals surface area contributed by atoms with Crippen LogP contribution in [0.3, 0.4) is 0 Å². The van der Waals surface area contributed by atoms with Crippen LogP contribution in [0.15, 0.2) is 17.5 Å². The zero-order chi connectivity index (χ0) is 20.3. The van der Waals surface area contributed by atoms with Gasteiger partial charge in [-0.15, -0.1) is 11.3 Å². The number of anilines is 1. The van der Waals surface area contributed by atoms with E-state index in [1.807, 2.05) is 12.3 Å². The molecule has 1 aliphatic heterocycles. The van der Waals surface area contributed by atoms with Crippen molar-refractivity contribution in [1.29, 1.82) is 0 Å². The number of esters is 1. The van der Waals surface area contributed by atoms with Crippen molar-refractivity contribution in [2.45, 2.75) is 20.8 Å². The van der Waals surface area contributed by atoms with Gasteiger partial charge >= 0.3 is 5.97 Å². The van der Waals surface area contributed by atoms with Gasteiger partial charge in [-0.05, 0) is 43.5 Å². The molecule has 2 heterocycles. The number of ether oxygens (including phenoxy) is 1. The van der Waals surface area contributed by atoms with Crippen molar-refractivity contribution in [2.24, 2.45) is 0 Å². The largest absolute Gasteiger partial charge is 0.454 e. The van der Waals surface area contributed by atoms with Gasteiger partial charge in [-0.2, -0.15) is 0 Å². The van der Waals surface area contributed by atoms with Crippen molar-refractivity contribution in [3.63, 3.8) is 0 Å². The number of rotatable bonds is 6. The Morgan fingerprint density at radius 1 is 1.21 bits per heavy atom. The molecule has 9 heteroatoms. The molecule has 1 saturated heterocycles. The lowest BCUT2D eigenvalue weighted by Gasteiger charge is -2.13. The van der Waals surface area contributed by atoms with Crippen LogP contribution >= 0.6 is 23.1 Å². The molecule has 1 aromatic carbocycles. The normalized spacial score (nSPS) is 13.7. The van der Waals surface area contributed by atoms with Crippen LogP contribution in [-0.2, 0) is 14.3 Å². The maximum absolute atomic E-state index is 12.0. The summed E-state index contributed by atoms with van der Waals surface area (Å²) in [7, 11) is 0. The van der Waals surface area contributed by atoms with Crippen LogP contribution in [0.1, 0.15) is 16.7 Å². The Labute approximate surface area is 171 Å². The van der Waals surface area contributed by atoms with E-state index in [4.69, 9.17) is 4.74 Å². The van der Waals surface area contributed by atoms with Crippen LogP contribution in [0, 0.1) is 20.8 Å². The molecule has 1 N–H and O–H groups in total. The quantitative estimate of drug-likeness (QED) is 0.722. The number of amides is 2. The van der Waals surface area contributed by atoms with Gasteiger partial charge < -0.3 is 9.64 Å². The minimum Gasteiger partial charge on any atom is -0.454 e. The predicted molar refractivity (Wildman–Crippen MR) is 111 cm³/mol. The van der Waals surface area contributed by atoms with Gasteiger partial charge in [0.2, 0.25) is 0 Å². The number of benzene rings is 1. The van der Waals surface area contributed by atoms with E-state index < -0.39 is 18.5 Å². The number of carbonyl (C=O) groups is 3. The molecule has 1 aliphatic rings. The summed E-state index contributed by atoms with van der Waals surface area (Å²) in [6.45, 7) is 6.12. The highest BCUT2D eigenvalue weighted by Crippen LogP contribution is 2.29. The van der Waals surface area contributed by atoms with Crippen LogP contribution in [0.5, 0.6) is 0 Å². The number of aromatic nitrogens is 1. The molecule has 0 saturated carbocycles. The van der Waals surface area contributed by atoms with Crippen molar-refractivity contribution in [1.82, 2.24) is 9.88 Å². The van der Waals surface area contributed by atoms with Gasteiger partial charge in [0.05, 0.1) is 5.69 Å². The van der Waals surface area contributed by atoms with E-state index in [-0.39, 0.29) is 11.8 Å². The van der Waals surface area contributed by atoms with E-state index in [1.165, 1.54) is 39.1 Å². The van der Waals surface area contributed by atoms with Gasteiger partial charge in [-0.3, -0.25) is 19.7 Å². The molecule has 0 atom stereocenters. The van der Waals surface area contributed by atoms with Crippen molar-refractivity contribution in [3.8, 4) is 11.3 Å². The van der Waals surface area contributed by atoms with E-state index in [0.29, 0.717) is 17.4 Å². The summed E-state index contributed by atoms with van der Waals surface area (Å²) in [4.78, 5) is 41.1. The number of hydrogen-bond acceptors (Lipinski definition) is 7. The van der Waals surface area contributed by atoms with Gasteiger partial charge in [0.15, 0.2) is 11.7 Å². The highest BCUT2D eigenvalue weighted by molar-refractivity contribution is 8.13. The third-order valence-corrected chi connectivity index (χ3v) is 6.05. The van der Waals surface area contributed by atoms with E-state index in [1.54, 1.807) is 0 Å². The molecular formula is C19H21N3O4S2. The minimum absolute atomic E-state index is 0.132. The summed E-state index contributed by atoms with van der Waals surface area (Å²) in [5.74, 6) is -0.399.